The minimum Gasteiger partial charge on any atom is -0.455 e. The van der Waals surface area contributed by atoms with Crippen LogP contribution in [0.1, 0.15) is 19.6 Å². The van der Waals surface area contributed by atoms with Crippen molar-refractivity contribution in [3.63, 3.8) is 0 Å². The van der Waals surface area contributed by atoms with Crippen molar-refractivity contribution in [2.75, 3.05) is 0 Å². The number of aryl methyl sites for hydroxylation is 3. The van der Waals surface area contributed by atoms with Gasteiger partial charge in [0.25, 0.3) is 0 Å². The van der Waals surface area contributed by atoms with Gasteiger partial charge in [0.2, 0.25) is 5.69 Å². The van der Waals surface area contributed by atoms with E-state index in [1.54, 1.807) is 0 Å². The van der Waals surface area contributed by atoms with E-state index in [9.17, 15) is 4.39 Å². The zero-order valence-corrected chi connectivity index (χ0v) is 14.1. The largest absolute Gasteiger partial charge is 0.455 e. The Balaban J connectivity index is 2.19. The van der Waals surface area contributed by atoms with Crippen molar-refractivity contribution < 1.29 is 16.1 Å². The predicted octanol–water partition coefficient (Wildman–Crippen LogP) is 5.14. The summed E-state index contributed by atoms with van der Waals surface area (Å²) in [6.45, 7) is 6.11. The Morgan fingerprint density at radius 3 is 2.67 bits per heavy atom. The van der Waals surface area contributed by atoms with E-state index in [0.29, 0.717) is 11.0 Å². The van der Waals surface area contributed by atoms with Crippen LogP contribution in [-0.2, 0) is 7.05 Å². The van der Waals surface area contributed by atoms with E-state index in [2.05, 4.69) is 16.7 Å². The summed E-state index contributed by atoms with van der Waals surface area (Å²) in [5.74, 6) is -0.855. The molecule has 0 spiro atoms. The molecule has 4 rings (SSSR count). The molecule has 0 bridgehead atoms. The Labute approximate surface area is 143 Å². The lowest BCUT2D eigenvalue weighted by atomic mass is 9.99. The van der Waals surface area contributed by atoms with Gasteiger partial charge in [-0.2, -0.15) is 4.57 Å². The van der Waals surface area contributed by atoms with Gasteiger partial charge in [-0.1, -0.05) is 12.1 Å². The van der Waals surface area contributed by atoms with Gasteiger partial charge in [-0.05, 0) is 37.1 Å². The van der Waals surface area contributed by atoms with E-state index in [1.807, 2.05) is 40.0 Å². The molecule has 0 aliphatic rings. The van der Waals surface area contributed by atoms with Crippen molar-refractivity contribution in [3.8, 4) is 11.3 Å². The lowest BCUT2D eigenvalue weighted by molar-refractivity contribution is -0.666. The van der Waals surface area contributed by atoms with Gasteiger partial charge < -0.3 is 4.42 Å². The van der Waals surface area contributed by atoms with Crippen molar-refractivity contribution in [1.82, 2.24) is 0 Å². The van der Waals surface area contributed by atoms with Crippen molar-refractivity contribution in [2.24, 2.45) is 7.05 Å². The molecule has 0 radical (unpaired) electrons. The normalized spacial score (nSPS) is 12.7. The maximum atomic E-state index is 14.0. The van der Waals surface area contributed by atoms with Gasteiger partial charge >= 0.3 is 0 Å². The number of fused-ring (bicyclic) bond motifs is 3. The highest BCUT2D eigenvalue weighted by Gasteiger charge is 2.22. The van der Waals surface area contributed by atoms with Gasteiger partial charge in [0, 0.05) is 35.9 Å². The molecule has 0 N–H and O–H groups in total. The van der Waals surface area contributed by atoms with E-state index in [-0.39, 0.29) is 17.7 Å². The van der Waals surface area contributed by atoms with E-state index < -0.39 is 5.82 Å². The second-order valence-electron chi connectivity index (χ2n) is 6.32. The predicted molar refractivity (Wildman–Crippen MR) is 94.5 cm³/mol. The first-order valence-corrected chi connectivity index (χ1v) is 7.88. The Hall–Kier alpha value is -2.68. The van der Waals surface area contributed by atoms with Crippen LogP contribution in [0.2, 0.25) is 0 Å². The number of benzene rings is 2. The Morgan fingerprint density at radius 1 is 1.08 bits per heavy atom. The van der Waals surface area contributed by atoms with E-state index in [1.165, 1.54) is 6.07 Å². The first-order valence-electron chi connectivity index (χ1n) is 8.88. The fraction of sp³-hybridized carbons (Fsp3) is 0.190. The third kappa shape index (κ3) is 2.12. The number of pyridine rings is 1. The van der Waals surface area contributed by atoms with E-state index in [4.69, 9.17) is 7.16 Å². The number of halogens is 1. The third-order valence-electron chi connectivity index (χ3n) is 4.62. The molecule has 2 aromatic heterocycles. The second-order valence-corrected chi connectivity index (χ2v) is 6.32. The highest BCUT2D eigenvalue weighted by molar-refractivity contribution is 6.09. The summed E-state index contributed by atoms with van der Waals surface area (Å²) < 4.78 is 37.9. The quantitative estimate of drug-likeness (QED) is 0.443. The number of aromatic nitrogens is 1. The van der Waals surface area contributed by atoms with Crippen LogP contribution >= 0.6 is 0 Å². The van der Waals surface area contributed by atoms with E-state index in [0.717, 1.165) is 33.5 Å². The molecule has 0 saturated heterocycles. The fourth-order valence-corrected chi connectivity index (χ4v) is 3.31. The van der Waals surface area contributed by atoms with Crippen LogP contribution in [0.25, 0.3) is 33.2 Å². The lowest BCUT2D eigenvalue weighted by Gasteiger charge is -2.08. The highest BCUT2D eigenvalue weighted by atomic mass is 19.1. The average molecular weight is 322 g/mol. The first-order chi connectivity index (χ1) is 12.3. The molecular weight excluding hydrogens is 301 g/mol. The van der Waals surface area contributed by atoms with Crippen LogP contribution in [0.15, 0.2) is 46.8 Å². The Kier molecular flexibility index (Phi) is 2.73. The summed E-state index contributed by atoms with van der Waals surface area (Å²) in [5, 5.41) is 1.39. The van der Waals surface area contributed by atoms with Crippen LogP contribution in [0.5, 0.6) is 0 Å². The standard InChI is InChI=1S/C21H19FNO/c1-12-9-14(3)23(4)18(10-12)20-13(2)5-7-17-16-8-6-15(22)11-19(16)24-21(17)20/h5-11H,1-4H3/q+1/i6D,11D. The molecule has 0 saturated carbocycles. The first kappa shape index (κ1) is 12.7. The summed E-state index contributed by atoms with van der Waals surface area (Å²) in [5.41, 5.74) is 6.04. The van der Waals surface area contributed by atoms with Gasteiger partial charge in [-0.25, -0.2) is 4.39 Å². The smallest absolute Gasteiger partial charge is 0.216 e. The van der Waals surface area contributed by atoms with Crippen LogP contribution in [0, 0.1) is 26.6 Å². The number of furan rings is 1. The molecular formula is C21H19FNO+. The summed E-state index contributed by atoms with van der Waals surface area (Å²) in [6.07, 6.45) is 0. The molecule has 2 nitrogen and oxygen atoms in total. The number of rotatable bonds is 1. The molecule has 0 amide bonds. The highest BCUT2D eigenvalue weighted by Crippen LogP contribution is 2.37. The fourth-order valence-electron chi connectivity index (χ4n) is 3.31. The van der Waals surface area contributed by atoms with Crippen LogP contribution in [-0.4, -0.2) is 0 Å². The lowest BCUT2D eigenvalue weighted by Crippen LogP contribution is -2.35. The molecule has 0 aliphatic carbocycles. The summed E-state index contributed by atoms with van der Waals surface area (Å²) in [4.78, 5) is 0. The van der Waals surface area contributed by atoms with Gasteiger partial charge in [0.05, 0.1) is 8.30 Å². The maximum Gasteiger partial charge on any atom is 0.216 e. The Bertz CT molecular complexity index is 1210. The summed E-state index contributed by atoms with van der Waals surface area (Å²) in [6, 6.07) is 8.91. The molecule has 2 heterocycles. The average Bonchev–Trinajstić information content (AvgIpc) is 2.95. The van der Waals surface area contributed by atoms with E-state index >= 15 is 0 Å². The molecule has 0 atom stereocenters. The topological polar surface area (TPSA) is 17.0 Å². The minimum absolute atomic E-state index is 0.187. The van der Waals surface area contributed by atoms with Crippen LogP contribution in [0.4, 0.5) is 4.39 Å². The zero-order valence-electron chi connectivity index (χ0n) is 16.1. The van der Waals surface area contributed by atoms with Crippen molar-refractivity contribution in [3.05, 3.63) is 65.1 Å². The molecule has 120 valence electrons. The number of hydrogen-bond donors (Lipinski definition) is 0. The second kappa shape index (κ2) is 5.17. The minimum atomic E-state index is -0.855. The zero-order chi connectivity index (χ0) is 18.7. The molecule has 3 heteroatoms. The molecule has 4 aromatic rings. The molecule has 0 fully saturated rings. The monoisotopic (exact) mass is 322 g/mol. The van der Waals surface area contributed by atoms with Crippen LogP contribution < -0.4 is 4.57 Å². The Morgan fingerprint density at radius 2 is 1.88 bits per heavy atom. The number of nitrogens with zero attached hydrogens (tertiary/aromatic N) is 1. The van der Waals surface area contributed by atoms with Gasteiger partial charge in [0.15, 0.2) is 5.69 Å². The van der Waals surface area contributed by atoms with Crippen molar-refractivity contribution >= 4 is 21.9 Å². The molecule has 2 aromatic carbocycles. The van der Waals surface area contributed by atoms with Gasteiger partial charge in [-0.15, -0.1) is 0 Å². The molecule has 0 aliphatic heterocycles. The van der Waals surface area contributed by atoms with Crippen molar-refractivity contribution in [2.45, 2.75) is 20.8 Å². The maximum absolute atomic E-state index is 14.0. The molecule has 0 unspecified atom stereocenters. The SMILES string of the molecule is [2H]c1cc2c(oc3c(-c4cc(C)cc(C)[n+]4C)c(C)ccc32)c([2H])c1F. The van der Waals surface area contributed by atoms with Crippen molar-refractivity contribution in [1.29, 1.82) is 0 Å². The summed E-state index contributed by atoms with van der Waals surface area (Å²) >= 11 is 0. The summed E-state index contributed by atoms with van der Waals surface area (Å²) in [7, 11) is 2.00. The van der Waals surface area contributed by atoms with Gasteiger partial charge in [-0.3, -0.25) is 0 Å². The molecule has 24 heavy (non-hydrogen) atoms. The third-order valence-corrected chi connectivity index (χ3v) is 4.62. The van der Waals surface area contributed by atoms with Gasteiger partial charge in [0.1, 0.15) is 24.0 Å². The van der Waals surface area contributed by atoms with Crippen LogP contribution in [0.3, 0.4) is 0 Å². The number of hydrogen-bond acceptors (Lipinski definition) is 1.